The van der Waals surface area contributed by atoms with Crippen LogP contribution in [0.2, 0.25) is 0 Å². The maximum Gasteiger partial charge on any atom is 0.239 e. The monoisotopic (exact) mass is 223 g/mol. The van der Waals surface area contributed by atoms with E-state index in [1.165, 1.54) is 16.3 Å². The molecule has 0 saturated carbocycles. The van der Waals surface area contributed by atoms with Crippen molar-refractivity contribution in [2.45, 2.75) is 19.9 Å². The molecule has 1 aromatic carbocycles. The van der Waals surface area contributed by atoms with Crippen LogP contribution in [0.4, 0.5) is 0 Å². The predicted octanol–water partition coefficient (Wildman–Crippen LogP) is 3.09. The molecule has 0 aliphatic carbocycles. The molecule has 84 valence electrons. The Bertz CT molecular complexity index is 674. The summed E-state index contributed by atoms with van der Waals surface area (Å²) in [6.45, 7) is 3.23. The topological polar surface area (TPSA) is 16.8 Å². The molecule has 17 heavy (non-hydrogen) atoms. The van der Waals surface area contributed by atoms with E-state index in [1.807, 2.05) is 12.3 Å². The van der Waals surface area contributed by atoms with Gasteiger partial charge >= 0.3 is 0 Å². The third kappa shape index (κ3) is 1.66. The highest BCUT2D eigenvalue weighted by molar-refractivity contribution is 6.00. The molecule has 0 aliphatic heterocycles. The third-order valence-corrected chi connectivity index (χ3v) is 3.07. The first-order valence-electron chi connectivity index (χ1n) is 6.06. The highest BCUT2D eigenvalue weighted by Gasteiger charge is 2.12. The number of fused-ring (bicyclic) bond motifs is 3. The van der Waals surface area contributed by atoms with Gasteiger partial charge in [-0.05, 0) is 18.2 Å². The van der Waals surface area contributed by atoms with E-state index in [1.54, 1.807) is 0 Å². The Balaban J connectivity index is 2.45. The highest BCUT2D eigenvalue weighted by Crippen LogP contribution is 2.20. The molecule has 3 aromatic rings. The molecule has 0 spiro atoms. The summed E-state index contributed by atoms with van der Waals surface area (Å²) in [7, 11) is 0. The quantitative estimate of drug-likeness (QED) is 0.482. The van der Waals surface area contributed by atoms with E-state index in [2.05, 4.69) is 53.0 Å². The fraction of sp³-hybridized carbons (Fsp3) is 0.200. The maximum absolute atomic E-state index is 4.53. The Morgan fingerprint density at radius 2 is 1.88 bits per heavy atom. The number of nitrogens with zero attached hydrogens (tertiary/aromatic N) is 2. The first-order chi connectivity index (χ1) is 8.40. The average molecular weight is 223 g/mol. The van der Waals surface area contributed by atoms with Gasteiger partial charge in [-0.15, -0.1) is 0 Å². The van der Waals surface area contributed by atoms with Crippen LogP contribution in [0, 0.1) is 0 Å². The van der Waals surface area contributed by atoms with Crippen LogP contribution in [-0.4, -0.2) is 4.98 Å². The Labute approximate surface area is 101 Å². The van der Waals surface area contributed by atoms with Crippen LogP contribution in [-0.2, 0) is 6.54 Å². The first-order valence-corrected chi connectivity index (χ1v) is 6.06. The summed E-state index contributed by atoms with van der Waals surface area (Å²) in [6, 6.07) is 12.7. The Morgan fingerprint density at radius 1 is 1.06 bits per heavy atom. The van der Waals surface area contributed by atoms with Crippen LogP contribution >= 0.6 is 0 Å². The van der Waals surface area contributed by atoms with Gasteiger partial charge < -0.3 is 0 Å². The van der Waals surface area contributed by atoms with Crippen molar-refractivity contribution in [3.05, 3.63) is 48.8 Å². The van der Waals surface area contributed by atoms with Crippen LogP contribution in [0.5, 0.6) is 0 Å². The summed E-state index contributed by atoms with van der Waals surface area (Å²) >= 11 is 0. The van der Waals surface area contributed by atoms with Gasteiger partial charge in [-0.25, -0.2) is 4.98 Å². The van der Waals surface area contributed by atoms with Crippen molar-refractivity contribution in [1.29, 1.82) is 0 Å². The smallest absolute Gasteiger partial charge is 0.239 e. The first kappa shape index (κ1) is 10.2. The maximum atomic E-state index is 4.53. The summed E-state index contributed by atoms with van der Waals surface area (Å²) in [5.74, 6) is 0. The van der Waals surface area contributed by atoms with E-state index in [4.69, 9.17) is 0 Å². The van der Waals surface area contributed by atoms with E-state index in [9.17, 15) is 0 Å². The largest absolute Gasteiger partial charge is 0.249 e. The van der Waals surface area contributed by atoms with E-state index < -0.39 is 0 Å². The number of hydrogen-bond acceptors (Lipinski definition) is 1. The molecule has 2 aromatic heterocycles. The summed E-state index contributed by atoms with van der Waals surface area (Å²) < 4.78 is 2.30. The van der Waals surface area contributed by atoms with Crippen molar-refractivity contribution < 1.29 is 4.57 Å². The molecule has 0 atom stereocenters. The van der Waals surface area contributed by atoms with Crippen LogP contribution in [0.25, 0.3) is 21.8 Å². The summed E-state index contributed by atoms with van der Waals surface area (Å²) in [5.41, 5.74) is 2.34. The summed E-state index contributed by atoms with van der Waals surface area (Å²) in [5, 5.41) is 2.46. The molecule has 0 fully saturated rings. The van der Waals surface area contributed by atoms with Crippen molar-refractivity contribution in [1.82, 2.24) is 4.98 Å². The minimum absolute atomic E-state index is 1.03. The fourth-order valence-electron chi connectivity index (χ4n) is 2.33. The van der Waals surface area contributed by atoms with Crippen molar-refractivity contribution in [3.63, 3.8) is 0 Å². The number of pyridine rings is 2. The second-order valence-corrected chi connectivity index (χ2v) is 4.28. The molecule has 2 heterocycles. The SMILES string of the molecule is CCC[n+]1cccc2ccc3cccnc3c21. The van der Waals surface area contributed by atoms with E-state index in [-0.39, 0.29) is 0 Å². The van der Waals surface area contributed by atoms with Gasteiger partial charge in [0.15, 0.2) is 6.20 Å². The molecule has 0 amide bonds. The van der Waals surface area contributed by atoms with Gasteiger partial charge in [0, 0.05) is 29.5 Å². The van der Waals surface area contributed by atoms with E-state index in [0.29, 0.717) is 0 Å². The third-order valence-electron chi connectivity index (χ3n) is 3.07. The average Bonchev–Trinajstić information content (AvgIpc) is 2.39. The summed E-state index contributed by atoms with van der Waals surface area (Å²) in [4.78, 5) is 4.53. The Morgan fingerprint density at radius 3 is 2.76 bits per heavy atom. The standard InChI is InChI=1S/C15H15N2/c1-2-10-17-11-4-6-13-8-7-12-5-3-9-16-14(12)15(13)17/h3-9,11H,2,10H2,1H3/q+1. The number of aryl methyl sites for hydroxylation is 1. The lowest BCUT2D eigenvalue weighted by molar-refractivity contribution is -0.670. The molecular formula is C15H15N2+. The lowest BCUT2D eigenvalue weighted by Crippen LogP contribution is -2.33. The number of aromatic nitrogens is 2. The molecule has 0 saturated heterocycles. The number of hydrogen-bond donors (Lipinski definition) is 0. The van der Waals surface area contributed by atoms with Crippen LogP contribution < -0.4 is 4.57 Å². The Hall–Kier alpha value is -1.96. The lowest BCUT2D eigenvalue weighted by Gasteiger charge is -2.03. The predicted molar refractivity (Wildman–Crippen MR) is 69.7 cm³/mol. The van der Waals surface area contributed by atoms with Crippen molar-refractivity contribution in [3.8, 4) is 0 Å². The minimum atomic E-state index is 1.03. The number of benzene rings is 1. The molecule has 3 rings (SSSR count). The fourth-order valence-corrected chi connectivity index (χ4v) is 2.33. The van der Waals surface area contributed by atoms with Gasteiger partial charge in [-0.1, -0.05) is 19.1 Å². The van der Waals surface area contributed by atoms with E-state index in [0.717, 1.165) is 18.5 Å². The zero-order valence-electron chi connectivity index (χ0n) is 9.93. The minimum Gasteiger partial charge on any atom is -0.249 e. The zero-order valence-corrected chi connectivity index (χ0v) is 9.93. The van der Waals surface area contributed by atoms with Gasteiger partial charge in [0.05, 0.1) is 0 Å². The van der Waals surface area contributed by atoms with Crippen LogP contribution in [0.1, 0.15) is 13.3 Å². The molecular weight excluding hydrogens is 208 g/mol. The van der Waals surface area contributed by atoms with Crippen molar-refractivity contribution >= 4 is 21.8 Å². The van der Waals surface area contributed by atoms with Gasteiger partial charge in [0.2, 0.25) is 5.52 Å². The normalized spacial score (nSPS) is 11.1. The van der Waals surface area contributed by atoms with E-state index >= 15 is 0 Å². The molecule has 0 radical (unpaired) electrons. The molecule has 0 N–H and O–H groups in total. The highest BCUT2D eigenvalue weighted by atomic mass is 15.0. The van der Waals surface area contributed by atoms with Gasteiger partial charge in [0.1, 0.15) is 12.1 Å². The second-order valence-electron chi connectivity index (χ2n) is 4.28. The van der Waals surface area contributed by atoms with Gasteiger partial charge in [-0.2, -0.15) is 4.57 Å². The molecule has 2 nitrogen and oxygen atoms in total. The summed E-state index contributed by atoms with van der Waals surface area (Å²) in [6.07, 6.45) is 5.14. The molecule has 0 unspecified atom stereocenters. The number of rotatable bonds is 2. The van der Waals surface area contributed by atoms with Gasteiger partial charge in [0.25, 0.3) is 0 Å². The molecule has 0 bridgehead atoms. The van der Waals surface area contributed by atoms with Crippen LogP contribution in [0.3, 0.4) is 0 Å². The van der Waals surface area contributed by atoms with Gasteiger partial charge in [-0.3, -0.25) is 0 Å². The molecule has 2 heteroatoms. The lowest BCUT2D eigenvalue weighted by atomic mass is 10.1. The van der Waals surface area contributed by atoms with Crippen molar-refractivity contribution in [2.75, 3.05) is 0 Å². The van der Waals surface area contributed by atoms with Crippen LogP contribution in [0.15, 0.2) is 48.8 Å². The Kier molecular flexibility index (Phi) is 2.48. The zero-order chi connectivity index (χ0) is 11.7. The van der Waals surface area contributed by atoms with Crippen molar-refractivity contribution in [2.24, 2.45) is 0 Å². The second kappa shape index (κ2) is 4.13. The molecule has 0 aliphatic rings.